The summed E-state index contributed by atoms with van der Waals surface area (Å²) in [5, 5.41) is 3.44. The van der Waals surface area contributed by atoms with Gasteiger partial charge >= 0.3 is 6.18 Å². The Labute approximate surface area is 128 Å². The van der Waals surface area contributed by atoms with Crippen LogP contribution in [0, 0.1) is 0 Å². The van der Waals surface area contributed by atoms with E-state index < -0.39 is 12.7 Å². The monoisotopic (exact) mass is 323 g/mol. The molecule has 21 heavy (non-hydrogen) atoms. The molecule has 0 spiro atoms. The Morgan fingerprint density at radius 3 is 2.52 bits per heavy atom. The van der Waals surface area contributed by atoms with Gasteiger partial charge < -0.3 is 10.2 Å². The summed E-state index contributed by atoms with van der Waals surface area (Å²) in [6.45, 7) is 5.82. The highest BCUT2D eigenvalue weighted by molar-refractivity contribution is 6.33. The van der Waals surface area contributed by atoms with Crippen LogP contribution in [0.3, 0.4) is 0 Å². The number of rotatable bonds is 7. The van der Waals surface area contributed by atoms with Gasteiger partial charge in [-0.25, -0.2) is 4.98 Å². The molecule has 1 aromatic rings. The van der Waals surface area contributed by atoms with Crippen LogP contribution >= 0.6 is 11.6 Å². The van der Waals surface area contributed by atoms with Crippen LogP contribution < -0.4 is 10.2 Å². The summed E-state index contributed by atoms with van der Waals surface area (Å²) in [7, 11) is 0. The third kappa shape index (κ3) is 6.09. The molecule has 0 aromatic carbocycles. The molecule has 0 amide bonds. The van der Waals surface area contributed by atoms with E-state index in [0.29, 0.717) is 6.54 Å². The van der Waals surface area contributed by atoms with Crippen LogP contribution in [0.1, 0.15) is 32.8 Å². The Kier molecular flexibility index (Phi) is 6.74. The Morgan fingerprint density at radius 2 is 2.05 bits per heavy atom. The van der Waals surface area contributed by atoms with Gasteiger partial charge in [0.25, 0.3) is 0 Å². The normalized spacial score (nSPS) is 12.0. The number of nitrogens with zero attached hydrogens (tertiary/aromatic N) is 2. The highest BCUT2D eigenvalue weighted by Gasteiger charge is 2.33. The van der Waals surface area contributed by atoms with E-state index in [1.54, 1.807) is 26.1 Å². The molecule has 0 aliphatic carbocycles. The van der Waals surface area contributed by atoms with E-state index in [2.05, 4.69) is 17.2 Å². The van der Waals surface area contributed by atoms with Crippen LogP contribution in [0.4, 0.5) is 19.0 Å². The molecule has 3 nitrogen and oxygen atoms in total. The van der Waals surface area contributed by atoms with Crippen LogP contribution in [0.5, 0.6) is 0 Å². The molecule has 7 heteroatoms. The minimum atomic E-state index is -4.30. The molecule has 120 valence electrons. The van der Waals surface area contributed by atoms with Gasteiger partial charge in [-0.1, -0.05) is 18.5 Å². The van der Waals surface area contributed by atoms with Crippen molar-refractivity contribution in [3.8, 4) is 0 Å². The van der Waals surface area contributed by atoms with E-state index in [0.717, 1.165) is 23.4 Å². The standard InChI is InChI=1S/C14H21ClF3N3/c1-4-5-19-7-11-6-12(15)13(20-8-11)21(10(2)3)9-14(16,17)18/h6,8,10,19H,4-5,7,9H2,1-3H3. The van der Waals surface area contributed by atoms with Crippen LogP contribution in [0.15, 0.2) is 12.3 Å². The zero-order chi connectivity index (χ0) is 16.0. The van der Waals surface area contributed by atoms with E-state index in [4.69, 9.17) is 11.6 Å². The number of hydrogen-bond acceptors (Lipinski definition) is 3. The number of aromatic nitrogens is 1. The molecule has 0 aliphatic heterocycles. The molecule has 1 heterocycles. The van der Waals surface area contributed by atoms with Gasteiger partial charge in [-0.05, 0) is 38.4 Å². The topological polar surface area (TPSA) is 28.2 Å². The molecule has 0 aliphatic rings. The van der Waals surface area contributed by atoms with Crippen LogP contribution in [-0.2, 0) is 6.54 Å². The SMILES string of the molecule is CCCNCc1cnc(N(CC(F)(F)F)C(C)C)c(Cl)c1. The van der Waals surface area contributed by atoms with Gasteiger partial charge in [0.2, 0.25) is 0 Å². The summed E-state index contributed by atoms with van der Waals surface area (Å²) in [5.74, 6) is 0.170. The van der Waals surface area contributed by atoms with Crippen molar-refractivity contribution in [3.63, 3.8) is 0 Å². The number of nitrogens with one attached hydrogen (secondary N) is 1. The Balaban J connectivity index is 2.89. The summed E-state index contributed by atoms with van der Waals surface area (Å²) in [4.78, 5) is 5.28. The van der Waals surface area contributed by atoms with Gasteiger partial charge in [0, 0.05) is 18.8 Å². The van der Waals surface area contributed by atoms with Crippen LogP contribution in [0.2, 0.25) is 5.02 Å². The lowest BCUT2D eigenvalue weighted by atomic mass is 10.2. The van der Waals surface area contributed by atoms with Crippen molar-refractivity contribution in [2.24, 2.45) is 0 Å². The molecular formula is C14H21ClF3N3. The first-order valence-corrected chi connectivity index (χ1v) is 7.31. The Hall–Kier alpha value is -1.01. The summed E-state index contributed by atoms with van der Waals surface area (Å²) < 4.78 is 37.9. The molecule has 0 fully saturated rings. The molecule has 1 rings (SSSR count). The zero-order valence-electron chi connectivity index (χ0n) is 12.5. The quantitative estimate of drug-likeness (QED) is 0.768. The van der Waals surface area contributed by atoms with E-state index in [9.17, 15) is 13.2 Å². The third-order valence-electron chi connectivity index (χ3n) is 2.88. The summed E-state index contributed by atoms with van der Waals surface area (Å²) in [6, 6.07) is 1.32. The van der Waals surface area contributed by atoms with Gasteiger partial charge in [-0.2, -0.15) is 13.2 Å². The van der Waals surface area contributed by atoms with Crippen molar-refractivity contribution in [2.45, 2.75) is 46.0 Å². The summed E-state index contributed by atoms with van der Waals surface area (Å²) >= 11 is 6.11. The smallest absolute Gasteiger partial charge is 0.344 e. The first-order chi connectivity index (χ1) is 9.74. The molecule has 0 saturated heterocycles. The predicted molar refractivity (Wildman–Crippen MR) is 79.8 cm³/mol. The fraction of sp³-hybridized carbons (Fsp3) is 0.643. The molecule has 1 aromatic heterocycles. The van der Waals surface area contributed by atoms with Gasteiger partial charge in [0.1, 0.15) is 12.4 Å². The van der Waals surface area contributed by atoms with Gasteiger partial charge in [0.15, 0.2) is 0 Å². The zero-order valence-corrected chi connectivity index (χ0v) is 13.2. The second kappa shape index (κ2) is 7.84. The van der Waals surface area contributed by atoms with Crippen molar-refractivity contribution in [2.75, 3.05) is 18.0 Å². The molecule has 1 N–H and O–H groups in total. The van der Waals surface area contributed by atoms with Crippen molar-refractivity contribution in [1.82, 2.24) is 10.3 Å². The fourth-order valence-electron chi connectivity index (χ4n) is 1.88. The lowest BCUT2D eigenvalue weighted by Crippen LogP contribution is -2.39. The van der Waals surface area contributed by atoms with E-state index >= 15 is 0 Å². The molecule has 0 radical (unpaired) electrons. The minimum Gasteiger partial charge on any atom is -0.344 e. The van der Waals surface area contributed by atoms with Crippen LogP contribution in [-0.4, -0.2) is 30.3 Å². The summed E-state index contributed by atoms with van der Waals surface area (Å²) in [5.41, 5.74) is 0.855. The maximum atomic E-state index is 12.6. The molecule has 0 unspecified atom stereocenters. The second-order valence-electron chi connectivity index (χ2n) is 5.16. The molecular weight excluding hydrogens is 303 g/mol. The van der Waals surface area contributed by atoms with Gasteiger partial charge in [-0.3, -0.25) is 0 Å². The van der Waals surface area contributed by atoms with Gasteiger partial charge in [-0.15, -0.1) is 0 Å². The first kappa shape index (κ1) is 18.0. The minimum absolute atomic E-state index is 0.170. The molecule has 0 saturated carbocycles. The van der Waals surface area contributed by atoms with Gasteiger partial charge in [0.05, 0.1) is 5.02 Å². The number of hydrogen-bond donors (Lipinski definition) is 1. The predicted octanol–water partition coefficient (Wildman–Crippen LogP) is 4.01. The number of anilines is 1. The largest absolute Gasteiger partial charge is 0.405 e. The van der Waals surface area contributed by atoms with Crippen molar-refractivity contribution in [1.29, 1.82) is 0 Å². The average Bonchev–Trinajstić information content (AvgIpc) is 2.36. The van der Waals surface area contributed by atoms with Crippen molar-refractivity contribution < 1.29 is 13.2 Å². The fourth-order valence-corrected chi connectivity index (χ4v) is 2.18. The van der Waals surface area contributed by atoms with Crippen molar-refractivity contribution >= 4 is 17.4 Å². The molecule has 0 atom stereocenters. The highest BCUT2D eigenvalue weighted by Crippen LogP contribution is 2.29. The van der Waals surface area contributed by atoms with E-state index in [-0.39, 0.29) is 16.9 Å². The first-order valence-electron chi connectivity index (χ1n) is 6.93. The summed E-state index contributed by atoms with van der Waals surface area (Å²) in [6.07, 6.45) is -1.72. The maximum Gasteiger partial charge on any atom is 0.405 e. The number of alkyl halides is 3. The Morgan fingerprint density at radius 1 is 1.38 bits per heavy atom. The van der Waals surface area contributed by atoms with E-state index in [1.807, 2.05) is 0 Å². The van der Waals surface area contributed by atoms with Crippen molar-refractivity contribution in [3.05, 3.63) is 22.8 Å². The number of pyridine rings is 1. The lowest BCUT2D eigenvalue weighted by Gasteiger charge is -2.29. The molecule has 0 bridgehead atoms. The number of halogens is 4. The maximum absolute atomic E-state index is 12.6. The second-order valence-corrected chi connectivity index (χ2v) is 5.57. The average molecular weight is 324 g/mol. The third-order valence-corrected chi connectivity index (χ3v) is 3.16. The lowest BCUT2D eigenvalue weighted by molar-refractivity contribution is -0.120. The Bertz CT molecular complexity index is 450. The van der Waals surface area contributed by atoms with E-state index in [1.165, 1.54) is 0 Å². The van der Waals surface area contributed by atoms with Crippen LogP contribution in [0.25, 0.3) is 0 Å². The highest BCUT2D eigenvalue weighted by atomic mass is 35.5.